The Hall–Kier alpha value is -2.42. The van der Waals surface area contributed by atoms with Gasteiger partial charge in [-0.25, -0.2) is 4.79 Å². The van der Waals surface area contributed by atoms with E-state index in [2.05, 4.69) is 0 Å². The van der Waals surface area contributed by atoms with Crippen molar-refractivity contribution in [2.75, 3.05) is 0 Å². The Bertz CT molecular complexity index is 830. The Morgan fingerprint density at radius 1 is 1.00 bits per heavy atom. The number of carbonyl (C=O) groups is 1. The molecule has 0 aliphatic rings. The normalized spacial score (nSPS) is 12.1. The van der Waals surface area contributed by atoms with Gasteiger partial charge in [0.15, 0.2) is 0 Å². The third kappa shape index (κ3) is 4.81. The SMILES string of the molecule is O=C(O)c1cc(COc2ccc(C(F)(F)F)c(Cl)c2)cc(C(F)(F)F)c1. The average molecular weight is 399 g/mol. The first-order valence-electron chi connectivity index (χ1n) is 6.82. The number of carboxylic acid groups (broad SMARTS) is 1. The van der Waals surface area contributed by atoms with Crippen LogP contribution in [-0.2, 0) is 19.0 Å². The lowest BCUT2D eigenvalue weighted by molar-refractivity contribution is -0.138. The third-order valence-electron chi connectivity index (χ3n) is 3.22. The summed E-state index contributed by atoms with van der Waals surface area (Å²) in [6.07, 6.45) is -9.43. The van der Waals surface area contributed by atoms with Gasteiger partial charge in [-0.1, -0.05) is 11.6 Å². The van der Waals surface area contributed by atoms with E-state index in [9.17, 15) is 31.1 Å². The molecule has 0 unspecified atom stereocenters. The van der Waals surface area contributed by atoms with Crippen molar-refractivity contribution < 1.29 is 41.0 Å². The molecule has 0 fully saturated rings. The second-order valence-electron chi connectivity index (χ2n) is 5.15. The van der Waals surface area contributed by atoms with Gasteiger partial charge in [0.25, 0.3) is 0 Å². The van der Waals surface area contributed by atoms with Crippen LogP contribution in [0.3, 0.4) is 0 Å². The van der Waals surface area contributed by atoms with E-state index in [-0.39, 0.29) is 11.3 Å². The summed E-state index contributed by atoms with van der Waals surface area (Å²) in [5, 5.41) is 8.26. The lowest BCUT2D eigenvalue weighted by atomic mass is 10.1. The van der Waals surface area contributed by atoms with E-state index in [1.54, 1.807) is 0 Å². The Balaban J connectivity index is 2.25. The molecular formula is C16H9ClF6O3. The molecular weight excluding hydrogens is 390 g/mol. The van der Waals surface area contributed by atoms with Gasteiger partial charge in [0.05, 0.1) is 21.7 Å². The van der Waals surface area contributed by atoms with Crippen LogP contribution in [0.15, 0.2) is 36.4 Å². The second kappa shape index (κ2) is 7.06. The van der Waals surface area contributed by atoms with Crippen molar-refractivity contribution >= 4 is 17.6 Å². The average Bonchev–Trinajstić information content (AvgIpc) is 2.50. The van der Waals surface area contributed by atoms with Gasteiger partial charge >= 0.3 is 18.3 Å². The van der Waals surface area contributed by atoms with E-state index in [4.69, 9.17) is 21.4 Å². The van der Waals surface area contributed by atoms with Crippen molar-refractivity contribution in [1.82, 2.24) is 0 Å². The van der Waals surface area contributed by atoms with E-state index < -0.39 is 46.6 Å². The molecule has 2 aromatic carbocycles. The number of halogens is 7. The molecule has 0 spiro atoms. The summed E-state index contributed by atoms with van der Waals surface area (Å²) in [7, 11) is 0. The highest BCUT2D eigenvalue weighted by atomic mass is 35.5. The van der Waals surface area contributed by atoms with E-state index in [1.807, 2.05) is 0 Å². The van der Waals surface area contributed by atoms with E-state index >= 15 is 0 Å². The van der Waals surface area contributed by atoms with Crippen LogP contribution in [0, 0.1) is 0 Å². The van der Waals surface area contributed by atoms with Crippen LogP contribution in [0.2, 0.25) is 5.02 Å². The number of ether oxygens (including phenoxy) is 1. The van der Waals surface area contributed by atoms with Crippen LogP contribution >= 0.6 is 11.6 Å². The molecule has 0 bridgehead atoms. The van der Waals surface area contributed by atoms with Crippen LogP contribution in [0.25, 0.3) is 0 Å². The lowest BCUT2D eigenvalue weighted by Gasteiger charge is -2.13. The maximum Gasteiger partial charge on any atom is 0.417 e. The highest BCUT2D eigenvalue weighted by Gasteiger charge is 2.33. The first-order valence-corrected chi connectivity index (χ1v) is 7.20. The summed E-state index contributed by atoms with van der Waals surface area (Å²) >= 11 is 5.52. The number of hydrogen-bond donors (Lipinski definition) is 1. The fraction of sp³-hybridized carbons (Fsp3) is 0.188. The Labute approximate surface area is 147 Å². The summed E-state index contributed by atoms with van der Waals surface area (Å²) in [6.45, 7) is -0.494. The van der Waals surface area contributed by atoms with Gasteiger partial charge in [0.2, 0.25) is 0 Å². The van der Waals surface area contributed by atoms with Gasteiger partial charge in [0.1, 0.15) is 12.4 Å². The fourth-order valence-electron chi connectivity index (χ4n) is 2.04. The largest absolute Gasteiger partial charge is 0.489 e. The molecule has 1 N–H and O–H groups in total. The zero-order chi connectivity index (χ0) is 19.7. The van der Waals surface area contributed by atoms with Gasteiger partial charge in [0, 0.05) is 0 Å². The molecule has 140 valence electrons. The fourth-order valence-corrected chi connectivity index (χ4v) is 2.32. The van der Waals surface area contributed by atoms with E-state index in [1.165, 1.54) is 0 Å². The van der Waals surface area contributed by atoms with E-state index in [0.29, 0.717) is 18.2 Å². The summed E-state index contributed by atoms with van der Waals surface area (Å²) in [6, 6.07) is 4.64. The molecule has 0 radical (unpaired) electrons. The molecule has 0 aliphatic heterocycles. The number of benzene rings is 2. The number of hydrogen-bond acceptors (Lipinski definition) is 2. The minimum atomic E-state index is -4.77. The van der Waals surface area contributed by atoms with Crippen molar-refractivity contribution in [2.24, 2.45) is 0 Å². The minimum Gasteiger partial charge on any atom is -0.489 e. The zero-order valence-corrected chi connectivity index (χ0v) is 13.3. The molecule has 0 aliphatic carbocycles. The molecule has 3 nitrogen and oxygen atoms in total. The van der Waals surface area contributed by atoms with Gasteiger partial charge in [-0.15, -0.1) is 0 Å². The standard InChI is InChI=1S/C16H9ClF6O3/c17-13-6-11(1-2-12(13)16(21,22)23)26-7-8-3-9(14(24)25)5-10(4-8)15(18,19)20/h1-6H,7H2,(H,24,25). The topological polar surface area (TPSA) is 46.5 Å². The maximum atomic E-state index is 12.8. The monoisotopic (exact) mass is 398 g/mol. The van der Waals surface area contributed by atoms with Crippen molar-refractivity contribution in [3.63, 3.8) is 0 Å². The minimum absolute atomic E-state index is 0.114. The Kier molecular flexibility index (Phi) is 5.41. The number of carboxylic acids is 1. The van der Waals surface area contributed by atoms with Crippen LogP contribution in [0.4, 0.5) is 26.3 Å². The first kappa shape index (κ1) is 19.9. The summed E-state index contributed by atoms with van der Waals surface area (Å²) < 4.78 is 81.5. The molecule has 0 heterocycles. The molecule has 0 saturated heterocycles. The molecule has 0 atom stereocenters. The Morgan fingerprint density at radius 2 is 1.65 bits per heavy atom. The van der Waals surface area contributed by atoms with Gasteiger partial charge in [-0.05, 0) is 42.0 Å². The molecule has 26 heavy (non-hydrogen) atoms. The van der Waals surface area contributed by atoms with Crippen molar-refractivity contribution in [3.8, 4) is 5.75 Å². The van der Waals surface area contributed by atoms with Gasteiger partial charge < -0.3 is 9.84 Å². The molecule has 2 rings (SSSR count). The highest BCUT2D eigenvalue weighted by molar-refractivity contribution is 6.31. The Morgan fingerprint density at radius 3 is 2.15 bits per heavy atom. The summed E-state index contributed by atoms with van der Waals surface area (Å²) in [4.78, 5) is 11.0. The second-order valence-corrected chi connectivity index (χ2v) is 5.56. The van der Waals surface area contributed by atoms with Crippen LogP contribution < -0.4 is 4.74 Å². The predicted octanol–water partition coefficient (Wildman–Crippen LogP) is 5.65. The predicted molar refractivity (Wildman–Crippen MR) is 79.2 cm³/mol. The van der Waals surface area contributed by atoms with Gasteiger partial charge in [-0.2, -0.15) is 26.3 Å². The van der Waals surface area contributed by atoms with E-state index in [0.717, 1.165) is 18.2 Å². The number of aromatic carboxylic acids is 1. The summed E-state index contributed by atoms with van der Waals surface area (Å²) in [5.74, 6) is -1.67. The third-order valence-corrected chi connectivity index (χ3v) is 3.53. The maximum absolute atomic E-state index is 12.8. The molecule has 0 aromatic heterocycles. The van der Waals surface area contributed by atoms with Crippen LogP contribution in [0.1, 0.15) is 27.0 Å². The summed E-state index contributed by atoms with van der Waals surface area (Å²) in [5.41, 5.74) is -2.97. The smallest absolute Gasteiger partial charge is 0.417 e. The quantitative estimate of drug-likeness (QED) is 0.676. The van der Waals surface area contributed by atoms with Crippen molar-refractivity contribution in [3.05, 3.63) is 63.7 Å². The van der Waals surface area contributed by atoms with Crippen molar-refractivity contribution in [2.45, 2.75) is 19.0 Å². The highest BCUT2D eigenvalue weighted by Crippen LogP contribution is 2.36. The zero-order valence-electron chi connectivity index (χ0n) is 12.6. The number of alkyl halides is 6. The molecule has 0 saturated carbocycles. The van der Waals surface area contributed by atoms with Crippen molar-refractivity contribution in [1.29, 1.82) is 0 Å². The first-order chi connectivity index (χ1) is 11.9. The molecule has 0 amide bonds. The van der Waals surface area contributed by atoms with Gasteiger partial charge in [-0.3, -0.25) is 0 Å². The molecule has 2 aromatic rings. The molecule has 10 heteroatoms. The number of rotatable bonds is 4. The lowest BCUT2D eigenvalue weighted by Crippen LogP contribution is -2.10. The van der Waals surface area contributed by atoms with Crippen LogP contribution in [0.5, 0.6) is 5.75 Å². The van der Waals surface area contributed by atoms with Crippen LogP contribution in [-0.4, -0.2) is 11.1 Å².